The zero-order chi connectivity index (χ0) is 17.4. The van der Waals surface area contributed by atoms with Crippen molar-refractivity contribution in [2.75, 3.05) is 17.3 Å². The summed E-state index contributed by atoms with van der Waals surface area (Å²) in [5.41, 5.74) is 2.10. The molecule has 1 N–H and O–H groups in total. The van der Waals surface area contributed by atoms with Crippen molar-refractivity contribution in [3.8, 4) is 11.5 Å². The number of amides is 2. The first-order valence-electron chi connectivity index (χ1n) is 7.66. The largest absolute Gasteiger partial charge is 0.472 e. The van der Waals surface area contributed by atoms with Gasteiger partial charge in [0.1, 0.15) is 12.0 Å². The second-order valence-electron chi connectivity index (χ2n) is 5.61. The average molecular weight is 334 g/mol. The molecule has 0 unspecified atom stereocenters. The summed E-state index contributed by atoms with van der Waals surface area (Å²) in [6.45, 7) is 0. The Hall–Kier alpha value is -3.54. The lowest BCUT2D eigenvalue weighted by molar-refractivity contribution is 0.0991. The zero-order valence-electron chi connectivity index (χ0n) is 13.4. The van der Waals surface area contributed by atoms with Gasteiger partial charge in [0, 0.05) is 18.8 Å². The van der Waals surface area contributed by atoms with E-state index in [9.17, 15) is 9.59 Å². The van der Waals surface area contributed by atoms with Crippen LogP contribution in [0.15, 0.2) is 65.5 Å². The molecule has 1 aromatic heterocycles. The molecule has 2 aromatic carbocycles. The maximum Gasteiger partial charge on any atom is 0.261 e. The van der Waals surface area contributed by atoms with Crippen LogP contribution in [-0.2, 0) is 0 Å². The zero-order valence-corrected chi connectivity index (χ0v) is 13.4. The summed E-state index contributed by atoms with van der Waals surface area (Å²) in [6, 6.07) is 13.8. The minimum Gasteiger partial charge on any atom is -0.472 e. The monoisotopic (exact) mass is 334 g/mol. The van der Waals surface area contributed by atoms with Gasteiger partial charge in [-0.1, -0.05) is 12.1 Å². The lowest BCUT2D eigenvalue weighted by Gasteiger charge is -2.17. The highest BCUT2D eigenvalue weighted by Crippen LogP contribution is 2.39. The first-order chi connectivity index (χ1) is 12.1. The number of ether oxygens (including phenoxy) is 1. The number of fused-ring (bicyclic) bond motifs is 2. The molecule has 0 spiro atoms. The highest BCUT2D eigenvalue weighted by atomic mass is 16.5. The van der Waals surface area contributed by atoms with Crippen molar-refractivity contribution in [2.24, 2.45) is 0 Å². The van der Waals surface area contributed by atoms with Crippen LogP contribution < -0.4 is 15.0 Å². The molecule has 124 valence electrons. The Morgan fingerprint density at radius 2 is 1.92 bits per heavy atom. The van der Waals surface area contributed by atoms with E-state index >= 15 is 0 Å². The van der Waals surface area contributed by atoms with Crippen LogP contribution in [0.3, 0.4) is 0 Å². The summed E-state index contributed by atoms with van der Waals surface area (Å²) < 4.78 is 10.8. The molecule has 0 radical (unpaired) electrons. The number of rotatable bonds is 2. The van der Waals surface area contributed by atoms with Crippen LogP contribution in [0.25, 0.3) is 0 Å². The summed E-state index contributed by atoms with van der Waals surface area (Å²) >= 11 is 0. The predicted octanol–water partition coefficient (Wildman–Crippen LogP) is 3.91. The van der Waals surface area contributed by atoms with Crippen molar-refractivity contribution in [3.63, 3.8) is 0 Å². The van der Waals surface area contributed by atoms with Crippen LogP contribution >= 0.6 is 0 Å². The Balaban J connectivity index is 1.70. The van der Waals surface area contributed by atoms with Crippen molar-refractivity contribution < 1.29 is 18.7 Å². The molecule has 0 fully saturated rings. The topological polar surface area (TPSA) is 71.8 Å². The lowest BCUT2D eigenvalue weighted by Crippen LogP contribution is -2.25. The quantitative estimate of drug-likeness (QED) is 0.771. The second-order valence-corrected chi connectivity index (χ2v) is 5.61. The molecule has 1 aliphatic heterocycles. The van der Waals surface area contributed by atoms with Gasteiger partial charge in [0.15, 0.2) is 5.75 Å². The van der Waals surface area contributed by atoms with Gasteiger partial charge >= 0.3 is 0 Å². The summed E-state index contributed by atoms with van der Waals surface area (Å²) in [5.74, 6) is 0.541. The van der Waals surface area contributed by atoms with Crippen molar-refractivity contribution in [2.45, 2.75) is 0 Å². The molecule has 6 nitrogen and oxygen atoms in total. The van der Waals surface area contributed by atoms with Gasteiger partial charge in [-0.05, 0) is 30.3 Å². The highest BCUT2D eigenvalue weighted by molar-refractivity contribution is 6.10. The highest BCUT2D eigenvalue weighted by Gasteiger charge is 2.25. The van der Waals surface area contributed by atoms with Crippen molar-refractivity contribution in [3.05, 3.63) is 72.2 Å². The van der Waals surface area contributed by atoms with Gasteiger partial charge in [-0.25, -0.2) is 0 Å². The fourth-order valence-corrected chi connectivity index (χ4v) is 2.69. The number of para-hydroxylation sites is 1. The summed E-state index contributed by atoms with van der Waals surface area (Å²) in [5, 5.41) is 2.78. The van der Waals surface area contributed by atoms with Crippen LogP contribution in [-0.4, -0.2) is 18.9 Å². The van der Waals surface area contributed by atoms with Crippen molar-refractivity contribution >= 4 is 23.2 Å². The van der Waals surface area contributed by atoms with Gasteiger partial charge in [0.25, 0.3) is 11.8 Å². The third kappa shape index (κ3) is 2.63. The number of carbonyl (C=O) groups excluding carboxylic acids is 2. The van der Waals surface area contributed by atoms with E-state index in [1.165, 1.54) is 17.4 Å². The van der Waals surface area contributed by atoms with Gasteiger partial charge in [-0.2, -0.15) is 0 Å². The maximum absolute atomic E-state index is 12.6. The van der Waals surface area contributed by atoms with E-state index in [2.05, 4.69) is 5.32 Å². The number of furan rings is 1. The number of benzene rings is 2. The van der Waals surface area contributed by atoms with E-state index in [1.807, 2.05) is 6.07 Å². The standard InChI is InChI=1S/C19H14N2O4/c1-21-15-7-6-13(20-18(22)12-8-9-24-11-12)10-17(15)25-16-5-3-2-4-14(16)19(21)23/h2-11H,1H3,(H,20,22). The van der Waals surface area contributed by atoms with E-state index in [-0.39, 0.29) is 11.8 Å². The third-order valence-corrected chi connectivity index (χ3v) is 4.00. The van der Waals surface area contributed by atoms with E-state index in [4.69, 9.17) is 9.15 Å². The van der Waals surface area contributed by atoms with Crippen LogP contribution in [0, 0.1) is 0 Å². The molecule has 0 aliphatic carbocycles. The normalized spacial score (nSPS) is 12.7. The van der Waals surface area contributed by atoms with Gasteiger partial charge < -0.3 is 19.4 Å². The number of hydrogen-bond donors (Lipinski definition) is 1. The lowest BCUT2D eigenvalue weighted by atomic mass is 10.2. The van der Waals surface area contributed by atoms with Gasteiger partial charge in [-0.3, -0.25) is 9.59 Å². The first kappa shape index (κ1) is 15.0. The number of nitrogens with one attached hydrogen (secondary N) is 1. The Morgan fingerprint density at radius 1 is 1.08 bits per heavy atom. The van der Waals surface area contributed by atoms with E-state index in [0.29, 0.717) is 34.0 Å². The molecule has 0 atom stereocenters. The van der Waals surface area contributed by atoms with Crippen molar-refractivity contribution in [1.82, 2.24) is 0 Å². The molecule has 2 heterocycles. The van der Waals surface area contributed by atoms with Crippen molar-refractivity contribution in [1.29, 1.82) is 0 Å². The molecular weight excluding hydrogens is 320 g/mol. The SMILES string of the molecule is CN1C(=O)c2ccccc2Oc2cc(NC(=O)c3ccoc3)ccc21. The number of hydrogen-bond acceptors (Lipinski definition) is 4. The van der Waals surface area contributed by atoms with E-state index < -0.39 is 0 Å². The number of carbonyl (C=O) groups is 2. The molecule has 3 aromatic rings. The molecular formula is C19H14N2O4. The fraction of sp³-hybridized carbons (Fsp3) is 0.0526. The molecule has 2 amide bonds. The molecule has 0 bridgehead atoms. The van der Waals surface area contributed by atoms with Crippen LogP contribution in [0.2, 0.25) is 0 Å². The fourth-order valence-electron chi connectivity index (χ4n) is 2.69. The van der Waals surface area contributed by atoms with Crippen LogP contribution in [0.4, 0.5) is 11.4 Å². The van der Waals surface area contributed by atoms with Gasteiger partial charge in [0.2, 0.25) is 0 Å². The minimum absolute atomic E-state index is 0.149. The average Bonchev–Trinajstić information content (AvgIpc) is 3.13. The Labute approximate surface area is 143 Å². The van der Waals surface area contributed by atoms with E-state index in [0.717, 1.165) is 0 Å². The molecule has 0 saturated carbocycles. The minimum atomic E-state index is -0.285. The predicted molar refractivity (Wildman–Crippen MR) is 92.4 cm³/mol. The van der Waals surface area contributed by atoms with Crippen LogP contribution in [0.1, 0.15) is 20.7 Å². The first-order valence-corrected chi connectivity index (χ1v) is 7.66. The van der Waals surface area contributed by atoms with Gasteiger partial charge in [-0.15, -0.1) is 0 Å². The van der Waals surface area contributed by atoms with Gasteiger partial charge in [0.05, 0.1) is 23.1 Å². The molecule has 25 heavy (non-hydrogen) atoms. The second kappa shape index (κ2) is 5.83. The summed E-state index contributed by atoms with van der Waals surface area (Å²) in [4.78, 5) is 26.3. The maximum atomic E-state index is 12.6. The number of anilines is 2. The molecule has 6 heteroatoms. The molecule has 1 aliphatic rings. The Bertz CT molecular complexity index is 963. The smallest absolute Gasteiger partial charge is 0.261 e. The summed E-state index contributed by atoms with van der Waals surface area (Å²) in [7, 11) is 1.69. The Morgan fingerprint density at radius 3 is 2.72 bits per heavy atom. The third-order valence-electron chi connectivity index (χ3n) is 4.00. The molecule has 4 rings (SSSR count). The Kier molecular flexibility index (Phi) is 3.50. The summed E-state index contributed by atoms with van der Waals surface area (Å²) in [6.07, 6.45) is 2.81. The molecule has 0 saturated heterocycles. The number of nitrogens with zero attached hydrogens (tertiary/aromatic N) is 1. The van der Waals surface area contributed by atoms with Crippen LogP contribution in [0.5, 0.6) is 11.5 Å². The van der Waals surface area contributed by atoms with E-state index in [1.54, 1.807) is 49.5 Å².